The summed E-state index contributed by atoms with van der Waals surface area (Å²) in [4.78, 5) is 0. The number of benzene rings is 3. The Balaban J connectivity index is 1.65. The van der Waals surface area contributed by atoms with Crippen LogP contribution in [-0.2, 0) is 16.4 Å². The van der Waals surface area contributed by atoms with E-state index in [1.807, 2.05) is 0 Å². The predicted molar refractivity (Wildman–Crippen MR) is 124 cm³/mol. The van der Waals surface area contributed by atoms with E-state index in [0.29, 0.717) is 29.5 Å². The molecule has 0 amide bonds. The van der Waals surface area contributed by atoms with Gasteiger partial charge in [0.2, 0.25) is 0 Å². The van der Waals surface area contributed by atoms with Gasteiger partial charge in [-0.25, -0.2) is 8.78 Å². The monoisotopic (exact) mass is 508 g/mol. The molecule has 10 heteroatoms. The van der Waals surface area contributed by atoms with Crippen molar-refractivity contribution in [2.45, 2.75) is 19.0 Å². The molecule has 0 unspecified atom stereocenters. The van der Waals surface area contributed by atoms with Gasteiger partial charge in [0, 0.05) is 18.8 Å². The van der Waals surface area contributed by atoms with E-state index in [4.69, 9.17) is 0 Å². The number of alkyl halides is 3. The van der Waals surface area contributed by atoms with E-state index in [1.165, 1.54) is 28.6 Å². The predicted octanol–water partition coefficient (Wildman–Crippen LogP) is 6.24. The smallest absolute Gasteiger partial charge is 0.271 e. The molecule has 3 aromatic carbocycles. The van der Waals surface area contributed by atoms with Crippen LogP contribution < -0.4 is 4.72 Å². The summed E-state index contributed by atoms with van der Waals surface area (Å²) in [6, 6.07) is 15.2. The van der Waals surface area contributed by atoms with Crippen molar-refractivity contribution in [2.75, 3.05) is 17.8 Å². The molecule has 3 aromatic rings. The summed E-state index contributed by atoms with van der Waals surface area (Å²) in [5.41, 5.74) is 1.87. The molecule has 35 heavy (non-hydrogen) atoms. The van der Waals surface area contributed by atoms with Crippen molar-refractivity contribution < 1.29 is 30.4 Å². The number of anilines is 1. The summed E-state index contributed by atoms with van der Waals surface area (Å²) in [6.45, 7) is 0.222. The molecule has 0 aliphatic carbocycles. The van der Waals surface area contributed by atoms with Crippen LogP contribution in [0.1, 0.15) is 29.5 Å². The van der Waals surface area contributed by atoms with Crippen LogP contribution in [0.15, 0.2) is 78.4 Å². The third-order valence-corrected chi connectivity index (χ3v) is 7.16. The number of rotatable bonds is 5. The zero-order chi connectivity index (χ0) is 25.2. The molecule has 0 atom stereocenters. The number of hydrogen-bond acceptors (Lipinski definition) is 2. The molecule has 1 saturated heterocycles. The summed E-state index contributed by atoms with van der Waals surface area (Å²) in [6.07, 6.45) is -3.47. The van der Waals surface area contributed by atoms with Crippen LogP contribution in [0.25, 0.3) is 5.57 Å². The normalized spacial score (nSPS) is 15.2. The lowest BCUT2D eigenvalue weighted by atomic mass is 9.89. The van der Waals surface area contributed by atoms with Gasteiger partial charge < -0.3 is 0 Å². The number of hydrogen-bond donors (Lipinski definition) is 1. The highest BCUT2D eigenvalue weighted by molar-refractivity contribution is 7.90. The standard InChI is InChI=1S/C25H21F5N2O2S/c26-21-9-3-17(4-10-21)24(18-5-11-22(27)12-6-18)19-2-1-15-32(16-19)35(33,34)31-23-13-7-20(8-14-23)25(28,29)30/h3-14,31H,1-2,15-16H2. The Bertz CT molecular complexity index is 1270. The molecule has 0 spiro atoms. The lowest BCUT2D eigenvalue weighted by molar-refractivity contribution is -0.137. The van der Waals surface area contributed by atoms with Gasteiger partial charge in [0.1, 0.15) is 11.6 Å². The van der Waals surface area contributed by atoms with Gasteiger partial charge >= 0.3 is 16.4 Å². The largest absolute Gasteiger partial charge is 0.416 e. The maximum Gasteiger partial charge on any atom is 0.416 e. The van der Waals surface area contributed by atoms with Crippen molar-refractivity contribution in [1.29, 1.82) is 0 Å². The van der Waals surface area contributed by atoms with Gasteiger partial charge in [-0.1, -0.05) is 24.3 Å². The lowest BCUT2D eigenvalue weighted by Crippen LogP contribution is -2.40. The quantitative estimate of drug-likeness (QED) is 0.415. The van der Waals surface area contributed by atoms with Crippen molar-refractivity contribution >= 4 is 21.5 Å². The highest BCUT2D eigenvalue weighted by Crippen LogP contribution is 2.33. The van der Waals surface area contributed by atoms with Gasteiger partial charge in [0.05, 0.1) is 5.56 Å². The summed E-state index contributed by atoms with van der Waals surface area (Å²) in [5.74, 6) is -0.850. The van der Waals surface area contributed by atoms with Crippen molar-refractivity contribution in [2.24, 2.45) is 0 Å². The number of halogens is 5. The van der Waals surface area contributed by atoms with E-state index in [9.17, 15) is 30.4 Å². The first-order valence-corrected chi connectivity index (χ1v) is 12.2. The second kappa shape index (κ2) is 9.79. The molecule has 184 valence electrons. The number of nitrogens with zero attached hydrogens (tertiary/aromatic N) is 1. The van der Waals surface area contributed by atoms with Crippen molar-refractivity contribution in [3.63, 3.8) is 0 Å². The van der Waals surface area contributed by atoms with Gasteiger partial charge in [-0.2, -0.15) is 25.9 Å². The van der Waals surface area contributed by atoms with Crippen molar-refractivity contribution in [3.05, 3.63) is 107 Å². The molecule has 1 fully saturated rings. The van der Waals surface area contributed by atoms with Crippen LogP contribution >= 0.6 is 0 Å². The van der Waals surface area contributed by atoms with Crippen molar-refractivity contribution in [3.8, 4) is 0 Å². The molecule has 4 nitrogen and oxygen atoms in total. The third kappa shape index (κ3) is 5.88. The highest BCUT2D eigenvalue weighted by Gasteiger charge is 2.31. The fourth-order valence-electron chi connectivity index (χ4n) is 4.00. The maximum atomic E-state index is 13.5. The van der Waals surface area contributed by atoms with E-state index in [1.54, 1.807) is 24.3 Å². The SMILES string of the molecule is O=S(=O)(Nc1ccc(C(F)(F)F)cc1)N1CCCC(=C(c2ccc(F)cc2)c2ccc(F)cc2)C1. The minimum atomic E-state index is -4.53. The Kier molecular flexibility index (Phi) is 6.95. The van der Waals surface area contributed by atoms with Gasteiger partial charge in [0.15, 0.2) is 0 Å². The minimum absolute atomic E-state index is 0.00592. The summed E-state index contributed by atoms with van der Waals surface area (Å²) in [5, 5.41) is 0. The summed E-state index contributed by atoms with van der Waals surface area (Å²) < 4.78 is 95.1. The molecule has 0 bridgehead atoms. The molecule has 0 radical (unpaired) electrons. The van der Waals surface area contributed by atoms with Crippen LogP contribution in [0, 0.1) is 11.6 Å². The van der Waals surface area contributed by atoms with E-state index < -0.39 is 33.6 Å². The van der Waals surface area contributed by atoms with E-state index in [0.717, 1.165) is 29.8 Å². The minimum Gasteiger partial charge on any atom is -0.271 e. The molecule has 1 aliphatic heterocycles. The Morgan fingerprint density at radius 1 is 0.800 bits per heavy atom. The van der Waals surface area contributed by atoms with E-state index in [-0.39, 0.29) is 18.8 Å². The lowest BCUT2D eigenvalue weighted by Gasteiger charge is -2.30. The number of piperidine rings is 1. The van der Waals surface area contributed by atoms with E-state index >= 15 is 0 Å². The second-order valence-electron chi connectivity index (χ2n) is 8.11. The summed E-state index contributed by atoms with van der Waals surface area (Å²) in [7, 11) is -4.08. The van der Waals surface area contributed by atoms with Crippen LogP contribution in [0.4, 0.5) is 27.6 Å². The molecule has 1 aliphatic rings. The second-order valence-corrected chi connectivity index (χ2v) is 9.78. The van der Waals surface area contributed by atoms with Gasteiger partial charge in [-0.05, 0) is 83.6 Å². The average molecular weight is 509 g/mol. The first-order valence-electron chi connectivity index (χ1n) is 10.7. The van der Waals surface area contributed by atoms with Crippen LogP contribution in [-0.4, -0.2) is 25.8 Å². The molecule has 1 N–H and O–H groups in total. The average Bonchev–Trinajstić information content (AvgIpc) is 2.81. The van der Waals surface area contributed by atoms with E-state index in [2.05, 4.69) is 4.72 Å². The Labute approximate surface area is 199 Å². The zero-order valence-electron chi connectivity index (χ0n) is 18.3. The zero-order valence-corrected chi connectivity index (χ0v) is 19.1. The Hall–Kier alpha value is -3.24. The highest BCUT2D eigenvalue weighted by atomic mass is 32.2. The maximum absolute atomic E-state index is 13.5. The molecular weight excluding hydrogens is 487 g/mol. The fraction of sp³-hybridized carbons (Fsp3) is 0.200. The first-order chi connectivity index (χ1) is 16.5. The molecule has 4 rings (SSSR count). The van der Waals surface area contributed by atoms with Gasteiger partial charge in [0.25, 0.3) is 0 Å². The molecule has 0 saturated carbocycles. The molecule has 0 aromatic heterocycles. The molecular formula is C25H21F5N2O2S. The van der Waals surface area contributed by atoms with Gasteiger partial charge in [-0.3, -0.25) is 4.72 Å². The fourth-order valence-corrected chi connectivity index (χ4v) is 5.26. The van der Waals surface area contributed by atoms with Crippen LogP contribution in [0.5, 0.6) is 0 Å². The first kappa shape index (κ1) is 24.9. The third-order valence-electron chi connectivity index (χ3n) is 5.67. The Morgan fingerprint density at radius 3 is 1.80 bits per heavy atom. The van der Waals surface area contributed by atoms with Crippen LogP contribution in [0.3, 0.4) is 0 Å². The molecule has 1 heterocycles. The van der Waals surface area contributed by atoms with Crippen molar-refractivity contribution in [1.82, 2.24) is 4.31 Å². The van der Waals surface area contributed by atoms with Crippen LogP contribution in [0.2, 0.25) is 0 Å². The number of nitrogens with one attached hydrogen (secondary N) is 1. The summed E-state index contributed by atoms with van der Waals surface area (Å²) >= 11 is 0. The Morgan fingerprint density at radius 2 is 1.31 bits per heavy atom. The topological polar surface area (TPSA) is 49.4 Å². The van der Waals surface area contributed by atoms with Gasteiger partial charge in [-0.15, -0.1) is 0 Å².